The van der Waals surface area contributed by atoms with Gasteiger partial charge in [-0.2, -0.15) is 0 Å². The molecule has 1 aliphatic heterocycles. The van der Waals surface area contributed by atoms with Gasteiger partial charge in [0.25, 0.3) is 0 Å². The third kappa shape index (κ3) is 19.6. The molecule has 0 unspecified atom stereocenters. The monoisotopic (exact) mass is 958 g/mol. The molecular formula is C44H75N15O9. The number of primary amides is 1. The van der Waals surface area contributed by atoms with Gasteiger partial charge in [-0.25, -0.2) is 0 Å². The zero-order chi connectivity index (χ0) is 51.1. The number of rotatable bonds is 29. The number of phenols is 1. The maximum absolute atomic E-state index is 14.5. The molecule has 0 aliphatic carbocycles. The molecule has 68 heavy (non-hydrogen) atoms. The third-order valence-corrected chi connectivity index (χ3v) is 11.3. The number of carbonyl (C=O) groups excluding carboxylic acids is 8. The zero-order valence-electron chi connectivity index (χ0n) is 40.0. The third-order valence-electron chi connectivity index (χ3n) is 11.3. The van der Waals surface area contributed by atoms with E-state index in [1.807, 2.05) is 13.8 Å². The minimum absolute atomic E-state index is 0.0136. The number of nitrogens with two attached hydrogens (primary N) is 6. The standard InChI is InChI=1S/C44H75N15O9/c1-6-10-31(41(67)58(5)35(23-27-15-17-28(61)18-16-27)40(66)57-33(24-45)38(64)54-29(36(46)62)19-14-25(2)3)56-37(63)30(11-7-20-51-43(47)48)55-39(65)34-13-9-22-59(34)42(68)32(53-26(4)60)12-8-21-52-44(49)50/h15-18,25,29-35,61H,6-14,19-24,45H2,1-5H3,(H2,46,62)(H,53,60)(H,54,64)(H,55,65)(H,56,63)(H,57,66)(H4,47,48,51)(H4,49,50,52)/t29-,30-,31-,32-,33-,34-,35-/m0/s1. The van der Waals surface area contributed by atoms with Crippen LogP contribution in [0, 0.1) is 5.92 Å². The molecule has 24 nitrogen and oxygen atoms in total. The number of phenolic OH excluding ortho intramolecular Hbond substituents is 1. The van der Waals surface area contributed by atoms with Gasteiger partial charge in [0.05, 0.1) is 0 Å². The molecule has 1 heterocycles. The highest BCUT2D eigenvalue weighted by atomic mass is 16.3. The van der Waals surface area contributed by atoms with Crippen LogP contribution in [0.2, 0.25) is 0 Å². The van der Waals surface area contributed by atoms with Gasteiger partial charge in [0.1, 0.15) is 48.0 Å². The molecule has 1 aliphatic rings. The maximum Gasteiger partial charge on any atom is 0.245 e. The number of amides is 8. The molecule has 1 aromatic rings. The summed E-state index contributed by atoms with van der Waals surface area (Å²) < 4.78 is 0. The number of carbonyl (C=O) groups is 8. The summed E-state index contributed by atoms with van der Waals surface area (Å²) in [7, 11) is 1.36. The van der Waals surface area contributed by atoms with Crippen LogP contribution in [0.5, 0.6) is 5.75 Å². The van der Waals surface area contributed by atoms with E-state index < -0.39 is 89.6 Å². The highest BCUT2D eigenvalue weighted by Crippen LogP contribution is 2.21. The van der Waals surface area contributed by atoms with Crippen molar-refractivity contribution in [1.82, 2.24) is 36.4 Å². The van der Waals surface area contributed by atoms with Gasteiger partial charge in [0, 0.05) is 46.6 Å². The van der Waals surface area contributed by atoms with Crippen molar-refractivity contribution >= 4 is 59.2 Å². The van der Waals surface area contributed by atoms with Crippen molar-refractivity contribution in [3.05, 3.63) is 29.8 Å². The lowest BCUT2D eigenvalue weighted by molar-refractivity contribution is -0.143. The maximum atomic E-state index is 14.5. The van der Waals surface area contributed by atoms with Crippen molar-refractivity contribution < 1.29 is 43.5 Å². The number of likely N-dealkylation sites (tertiary alicyclic amines) is 1. The number of hydrogen-bond donors (Lipinski definition) is 12. The number of benzene rings is 1. The molecule has 0 aromatic heterocycles. The van der Waals surface area contributed by atoms with Crippen LogP contribution in [0.3, 0.4) is 0 Å². The topological polar surface area (TPSA) is 404 Å². The second-order valence-corrected chi connectivity index (χ2v) is 17.3. The van der Waals surface area contributed by atoms with Gasteiger partial charge in [-0.3, -0.25) is 48.3 Å². The number of guanidine groups is 2. The van der Waals surface area contributed by atoms with E-state index in [4.69, 9.17) is 34.4 Å². The summed E-state index contributed by atoms with van der Waals surface area (Å²) in [6, 6.07) is -2.16. The fourth-order valence-electron chi connectivity index (χ4n) is 7.59. The quantitative estimate of drug-likeness (QED) is 0.0216. The highest BCUT2D eigenvalue weighted by molar-refractivity contribution is 5.97. The Morgan fingerprint density at radius 1 is 0.735 bits per heavy atom. The molecule has 18 N–H and O–H groups in total. The summed E-state index contributed by atoms with van der Waals surface area (Å²) in [4.78, 5) is 119. The summed E-state index contributed by atoms with van der Waals surface area (Å²) in [5.41, 5.74) is 33.9. The molecule has 0 saturated carbocycles. The molecule has 8 amide bonds. The van der Waals surface area contributed by atoms with Crippen LogP contribution in [0.15, 0.2) is 34.3 Å². The number of aromatic hydroxyl groups is 1. The van der Waals surface area contributed by atoms with Gasteiger partial charge >= 0.3 is 0 Å². The van der Waals surface area contributed by atoms with E-state index in [2.05, 4.69) is 36.6 Å². The van der Waals surface area contributed by atoms with Crippen LogP contribution >= 0.6 is 0 Å². The van der Waals surface area contributed by atoms with Crippen molar-refractivity contribution in [3.63, 3.8) is 0 Å². The summed E-state index contributed by atoms with van der Waals surface area (Å²) in [5, 5.41) is 23.3. The lowest BCUT2D eigenvalue weighted by atomic mass is 10.0. The van der Waals surface area contributed by atoms with E-state index in [9.17, 15) is 43.5 Å². The Bertz CT molecular complexity index is 1920. The average molecular weight is 958 g/mol. The highest BCUT2D eigenvalue weighted by Gasteiger charge is 2.40. The SMILES string of the molecule is CCC[C@H](NC(=O)[C@H](CCCN=C(N)N)NC(=O)[C@@H]1CCCN1C(=O)[C@H](CCCN=C(N)N)NC(C)=O)C(=O)N(C)[C@@H](Cc1ccc(O)cc1)C(=O)N[C@@H](CN)C(=O)N[C@@H](CCC(C)C)C(N)=O. The molecule has 0 radical (unpaired) electrons. The first kappa shape index (κ1) is 57.4. The molecule has 0 bridgehead atoms. The van der Waals surface area contributed by atoms with Crippen molar-refractivity contribution in [1.29, 1.82) is 0 Å². The lowest BCUT2D eigenvalue weighted by Gasteiger charge is -2.33. The Morgan fingerprint density at radius 2 is 1.29 bits per heavy atom. The van der Waals surface area contributed by atoms with Crippen molar-refractivity contribution in [2.75, 3.05) is 33.2 Å². The molecular weight excluding hydrogens is 883 g/mol. The van der Waals surface area contributed by atoms with E-state index in [1.54, 1.807) is 19.1 Å². The Morgan fingerprint density at radius 3 is 1.82 bits per heavy atom. The minimum atomic E-state index is -1.33. The largest absolute Gasteiger partial charge is 0.508 e. The number of nitrogens with one attached hydrogen (secondary N) is 5. The number of hydrogen-bond acceptors (Lipinski definition) is 12. The van der Waals surface area contributed by atoms with Crippen molar-refractivity contribution in [2.45, 2.75) is 141 Å². The predicted octanol–water partition coefficient (Wildman–Crippen LogP) is -3.02. The molecule has 1 fully saturated rings. The Labute approximate surface area is 397 Å². The van der Waals surface area contributed by atoms with E-state index >= 15 is 0 Å². The van der Waals surface area contributed by atoms with Crippen LogP contribution in [-0.4, -0.2) is 150 Å². The van der Waals surface area contributed by atoms with Crippen LogP contribution in [0.4, 0.5) is 0 Å². The van der Waals surface area contributed by atoms with Crippen LogP contribution in [0.1, 0.15) is 97.5 Å². The lowest BCUT2D eigenvalue weighted by Crippen LogP contribution is -2.61. The van der Waals surface area contributed by atoms with Gasteiger partial charge in [0.2, 0.25) is 47.3 Å². The molecule has 7 atom stereocenters. The molecule has 1 saturated heterocycles. The Balaban J connectivity index is 2.42. The van der Waals surface area contributed by atoms with E-state index in [0.717, 1.165) is 4.90 Å². The number of aliphatic imine (C=N–C) groups is 2. The second-order valence-electron chi connectivity index (χ2n) is 17.3. The normalized spacial score (nSPS) is 15.9. The molecule has 380 valence electrons. The van der Waals surface area contributed by atoms with Crippen molar-refractivity contribution in [2.24, 2.45) is 50.3 Å². The van der Waals surface area contributed by atoms with Gasteiger partial charge in [0.15, 0.2) is 11.9 Å². The zero-order valence-corrected chi connectivity index (χ0v) is 40.0. The second kappa shape index (κ2) is 29.1. The first-order chi connectivity index (χ1) is 32.1. The predicted molar refractivity (Wildman–Crippen MR) is 255 cm³/mol. The summed E-state index contributed by atoms with van der Waals surface area (Å²) in [6.07, 6.45) is 2.76. The molecule has 0 spiro atoms. The minimum Gasteiger partial charge on any atom is -0.508 e. The van der Waals surface area contributed by atoms with Crippen molar-refractivity contribution in [3.8, 4) is 5.75 Å². The Hall–Kier alpha value is -6.72. The summed E-state index contributed by atoms with van der Waals surface area (Å²) in [5.74, 6) is -5.43. The number of likely N-dealkylation sites (N-methyl/N-ethyl adjacent to an activating group) is 1. The molecule has 24 heteroatoms. The van der Waals surface area contributed by atoms with Crippen LogP contribution in [0.25, 0.3) is 0 Å². The first-order valence-corrected chi connectivity index (χ1v) is 23.0. The van der Waals surface area contributed by atoms with Gasteiger partial charge in [-0.05, 0) is 81.4 Å². The van der Waals surface area contributed by atoms with E-state index in [0.29, 0.717) is 31.2 Å². The molecule has 2 rings (SSSR count). The molecule has 1 aromatic carbocycles. The number of nitrogens with zero attached hydrogens (tertiary/aromatic N) is 4. The van der Waals surface area contributed by atoms with Gasteiger partial charge in [-0.15, -0.1) is 0 Å². The average Bonchev–Trinajstić information content (AvgIpc) is 3.77. The van der Waals surface area contributed by atoms with Crippen LogP contribution < -0.4 is 61.0 Å². The first-order valence-electron chi connectivity index (χ1n) is 23.0. The summed E-state index contributed by atoms with van der Waals surface area (Å²) >= 11 is 0. The summed E-state index contributed by atoms with van der Waals surface area (Å²) in [6.45, 7) is 7.11. The van der Waals surface area contributed by atoms with E-state index in [1.165, 1.54) is 31.0 Å². The Kier molecular flexibility index (Phi) is 24.6. The van der Waals surface area contributed by atoms with E-state index in [-0.39, 0.29) is 94.7 Å². The fraction of sp³-hybridized carbons (Fsp3) is 0.636. The van der Waals surface area contributed by atoms with Gasteiger partial charge in [-0.1, -0.05) is 39.3 Å². The van der Waals surface area contributed by atoms with Crippen LogP contribution in [-0.2, 0) is 44.8 Å². The smallest absolute Gasteiger partial charge is 0.245 e. The van der Waals surface area contributed by atoms with Gasteiger partial charge < -0.3 is 75.9 Å². The fourth-order valence-corrected chi connectivity index (χ4v) is 7.59.